The van der Waals surface area contributed by atoms with Crippen LogP contribution in [0.25, 0.3) is 0 Å². The summed E-state index contributed by atoms with van der Waals surface area (Å²) in [6.45, 7) is 1.93. The second kappa shape index (κ2) is 7.10. The Morgan fingerprint density at radius 1 is 1.30 bits per heavy atom. The summed E-state index contributed by atoms with van der Waals surface area (Å²) < 4.78 is 32.1. The first kappa shape index (κ1) is 17.4. The average molecular weight is 399 g/mol. The Morgan fingerprint density at radius 2 is 1.96 bits per heavy atom. The van der Waals surface area contributed by atoms with Crippen LogP contribution >= 0.6 is 15.9 Å². The molecule has 8 heteroatoms. The maximum absolute atomic E-state index is 12.3. The quantitative estimate of drug-likeness (QED) is 0.834. The van der Waals surface area contributed by atoms with Crippen LogP contribution in [0.1, 0.15) is 11.1 Å². The minimum Gasteiger partial charge on any atom is -0.480 e. The third-order valence-corrected chi connectivity index (χ3v) is 4.80. The summed E-state index contributed by atoms with van der Waals surface area (Å²) in [5.74, 6) is -0.709. The number of pyridine rings is 1. The third-order valence-electron chi connectivity index (χ3n) is 3.00. The fourth-order valence-electron chi connectivity index (χ4n) is 1.89. The molecule has 1 N–H and O–H groups in total. The zero-order valence-electron chi connectivity index (χ0n) is 12.5. The molecule has 0 aliphatic rings. The van der Waals surface area contributed by atoms with E-state index in [1.165, 1.54) is 19.4 Å². The van der Waals surface area contributed by atoms with Crippen LogP contribution in [0.15, 0.2) is 45.9 Å². The molecule has 0 radical (unpaired) electrons. The average Bonchev–Trinajstić information content (AvgIpc) is 2.49. The number of nitrogens with one attached hydrogen (secondary N) is 1. The van der Waals surface area contributed by atoms with Crippen molar-refractivity contribution in [1.29, 1.82) is 0 Å². The number of sulfonamides is 1. The van der Waals surface area contributed by atoms with Gasteiger partial charge in [0, 0.05) is 10.7 Å². The van der Waals surface area contributed by atoms with Gasteiger partial charge in [-0.15, -0.1) is 0 Å². The molecule has 2 rings (SSSR count). The number of aryl methyl sites for hydroxylation is 1. The number of methoxy groups -OCH3 is 1. The van der Waals surface area contributed by atoms with E-state index in [1.54, 1.807) is 12.1 Å². The molecule has 1 aromatic heterocycles. The zero-order valence-corrected chi connectivity index (χ0v) is 14.9. The molecule has 0 saturated heterocycles. The van der Waals surface area contributed by atoms with E-state index in [4.69, 9.17) is 4.74 Å². The molecule has 0 unspecified atom stereocenters. The first-order valence-corrected chi connectivity index (χ1v) is 8.90. The van der Waals surface area contributed by atoms with E-state index >= 15 is 0 Å². The molecular weight excluding hydrogens is 384 g/mol. The lowest BCUT2D eigenvalue weighted by Crippen LogP contribution is -2.32. The van der Waals surface area contributed by atoms with Gasteiger partial charge in [0.2, 0.25) is 11.8 Å². The van der Waals surface area contributed by atoms with Gasteiger partial charge in [0.25, 0.3) is 10.0 Å². The first-order valence-electron chi connectivity index (χ1n) is 6.62. The largest absolute Gasteiger partial charge is 0.480 e. The minimum absolute atomic E-state index is 0.0384. The number of hydrogen-bond acceptors (Lipinski definition) is 5. The van der Waals surface area contributed by atoms with E-state index < -0.39 is 15.9 Å². The normalized spacial score (nSPS) is 11.1. The number of benzene rings is 1. The van der Waals surface area contributed by atoms with Crippen LogP contribution in [0.3, 0.4) is 0 Å². The van der Waals surface area contributed by atoms with E-state index in [2.05, 4.69) is 20.9 Å². The molecule has 1 aromatic carbocycles. The van der Waals surface area contributed by atoms with Crippen molar-refractivity contribution in [3.8, 4) is 5.88 Å². The molecule has 122 valence electrons. The molecule has 0 aliphatic heterocycles. The molecule has 6 nitrogen and oxygen atoms in total. The SMILES string of the molecule is COc1ncc(Br)cc1S(=O)(=O)NC(=O)Cc1ccc(C)cc1. The van der Waals surface area contributed by atoms with Crippen molar-refractivity contribution < 1.29 is 17.9 Å². The number of nitrogens with zero attached hydrogens (tertiary/aromatic N) is 1. The van der Waals surface area contributed by atoms with Crippen molar-refractivity contribution in [3.63, 3.8) is 0 Å². The van der Waals surface area contributed by atoms with Crippen LogP contribution in [0, 0.1) is 6.92 Å². The fraction of sp³-hybridized carbons (Fsp3) is 0.200. The number of amides is 1. The highest BCUT2D eigenvalue weighted by Gasteiger charge is 2.23. The Hall–Kier alpha value is -1.93. The van der Waals surface area contributed by atoms with E-state index in [1.807, 2.05) is 23.8 Å². The van der Waals surface area contributed by atoms with Crippen molar-refractivity contribution in [2.45, 2.75) is 18.2 Å². The number of carbonyl (C=O) groups excluding carboxylic acids is 1. The molecule has 0 atom stereocenters. The highest BCUT2D eigenvalue weighted by atomic mass is 79.9. The van der Waals surface area contributed by atoms with Gasteiger partial charge < -0.3 is 4.74 Å². The predicted octanol–water partition coefficient (Wildman–Crippen LogP) is 2.21. The lowest BCUT2D eigenvalue weighted by molar-refractivity contribution is -0.118. The van der Waals surface area contributed by atoms with Gasteiger partial charge in [-0.05, 0) is 34.5 Å². The van der Waals surface area contributed by atoms with E-state index in [-0.39, 0.29) is 17.2 Å². The predicted molar refractivity (Wildman–Crippen MR) is 88.7 cm³/mol. The van der Waals surface area contributed by atoms with Crippen molar-refractivity contribution in [1.82, 2.24) is 9.71 Å². The van der Waals surface area contributed by atoms with Crippen molar-refractivity contribution >= 4 is 31.9 Å². The molecule has 1 amide bonds. The van der Waals surface area contributed by atoms with Crippen molar-refractivity contribution in [3.05, 3.63) is 52.1 Å². The Kier molecular flexibility index (Phi) is 5.38. The van der Waals surface area contributed by atoms with Gasteiger partial charge >= 0.3 is 0 Å². The molecule has 0 aliphatic carbocycles. The Labute approximate surface area is 143 Å². The van der Waals surface area contributed by atoms with Gasteiger partial charge in [0.15, 0.2) is 4.90 Å². The summed E-state index contributed by atoms with van der Waals surface area (Å²) in [7, 11) is -2.76. The molecule has 0 bridgehead atoms. The minimum atomic E-state index is -4.07. The van der Waals surface area contributed by atoms with E-state index in [0.717, 1.165) is 11.1 Å². The maximum Gasteiger partial charge on any atom is 0.269 e. The summed E-state index contributed by atoms with van der Waals surface area (Å²) in [4.78, 5) is 15.7. The number of ether oxygens (including phenoxy) is 1. The molecule has 0 spiro atoms. The van der Waals surface area contributed by atoms with Gasteiger partial charge in [-0.1, -0.05) is 29.8 Å². The molecular formula is C15H15BrN2O4S. The molecule has 1 heterocycles. The first-order chi connectivity index (χ1) is 10.8. The van der Waals surface area contributed by atoms with Crippen molar-refractivity contribution in [2.75, 3.05) is 7.11 Å². The fourth-order valence-corrected chi connectivity index (χ4v) is 3.50. The van der Waals surface area contributed by atoms with Gasteiger partial charge in [-0.3, -0.25) is 4.79 Å². The highest BCUT2D eigenvalue weighted by Crippen LogP contribution is 2.24. The van der Waals surface area contributed by atoms with E-state index in [0.29, 0.717) is 4.47 Å². The lowest BCUT2D eigenvalue weighted by atomic mass is 10.1. The summed E-state index contributed by atoms with van der Waals surface area (Å²) in [6, 6.07) is 8.61. The highest BCUT2D eigenvalue weighted by molar-refractivity contribution is 9.10. The number of halogens is 1. The maximum atomic E-state index is 12.3. The number of aromatic nitrogens is 1. The number of hydrogen-bond donors (Lipinski definition) is 1. The second-order valence-electron chi connectivity index (χ2n) is 4.85. The monoisotopic (exact) mass is 398 g/mol. The van der Waals surface area contributed by atoms with Crippen LogP contribution in [-0.4, -0.2) is 26.4 Å². The lowest BCUT2D eigenvalue weighted by Gasteiger charge is -2.10. The smallest absolute Gasteiger partial charge is 0.269 e. The molecule has 0 fully saturated rings. The van der Waals surface area contributed by atoms with Gasteiger partial charge in [0.05, 0.1) is 13.5 Å². The van der Waals surface area contributed by atoms with Gasteiger partial charge in [-0.25, -0.2) is 18.1 Å². The number of carbonyl (C=O) groups is 1. The van der Waals surface area contributed by atoms with Gasteiger partial charge in [0.1, 0.15) is 0 Å². The summed E-state index contributed by atoms with van der Waals surface area (Å²) in [6.07, 6.45) is 1.37. The Balaban J connectivity index is 2.19. The summed E-state index contributed by atoms with van der Waals surface area (Å²) >= 11 is 3.15. The van der Waals surface area contributed by atoms with E-state index in [9.17, 15) is 13.2 Å². The Bertz CT molecular complexity index is 820. The third kappa shape index (κ3) is 4.52. The number of rotatable bonds is 5. The zero-order chi connectivity index (χ0) is 17.0. The van der Waals surface area contributed by atoms with Crippen LogP contribution in [0.4, 0.5) is 0 Å². The topological polar surface area (TPSA) is 85.4 Å². The van der Waals surface area contributed by atoms with Gasteiger partial charge in [-0.2, -0.15) is 0 Å². The molecule has 2 aromatic rings. The molecule has 23 heavy (non-hydrogen) atoms. The van der Waals surface area contributed by atoms with Crippen LogP contribution in [0.5, 0.6) is 5.88 Å². The standard InChI is InChI=1S/C15H15BrN2O4S/c1-10-3-5-11(6-4-10)7-14(19)18-23(20,21)13-8-12(16)9-17-15(13)22-2/h3-6,8-9H,7H2,1-2H3,(H,18,19). The summed E-state index contributed by atoms with van der Waals surface area (Å²) in [5.41, 5.74) is 1.79. The Morgan fingerprint density at radius 3 is 2.57 bits per heavy atom. The van der Waals surface area contributed by atoms with Crippen LogP contribution in [-0.2, 0) is 21.2 Å². The molecule has 0 saturated carbocycles. The second-order valence-corrected chi connectivity index (χ2v) is 7.42. The summed E-state index contributed by atoms with van der Waals surface area (Å²) in [5, 5.41) is 0. The van der Waals surface area contributed by atoms with Crippen LogP contribution in [0.2, 0.25) is 0 Å². The van der Waals surface area contributed by atoms with Crippen LogP contribution < -0.4 is 9.46 Å². The van der Waals surface area contributed by atoms with Crippen molar-refractivity contribution in [2.24, 2.45) is 0 Å².